The molecular formula is C80H91B3Br3F4IN16O10. The highest BCUT2D eigenvalue weighted by atomic mass is 127. The zero-order valence-corrected chi connectivity index (χ0v) is 75.3. The van der Waals surface area contributed by atoms with Crippen LogP contribution >= 0.6 is 70.4 Å². The van der Waals surface area contributed by atoms with Crippen molar-refractivity contribution >= 4 is 120 Å². The molecule has 10 aromatic heterocycles. The molecule has 0 amide bonds. The molecule has 0 radical (unpaired) electrons. The van der Waals surface area contributed by atoms with Gasteiger partial charge < -0.3 is 58.1 Å². The van der Waals surface area contributed by atoms with Gasteiger partial charge in [-0.1, -0.05) is 28.7 Å². The summed E-state index contributed by atoms with van der Waals surface area (Å²) in [6, 6.07) is 30.4. The predicted molar refractivity (Wildman–Crippen MR) is 466 cm³/mol. The van der Waals surface area contributed by atoms with Crippen molar-refractivity contribution in [2.45, 2.75) is 157 Å². The third-order valence-corrected chi connectivity index (χ3v) is 23.5. The van der Waals surface area contributed by atoms with Crippen LogP contribution in [-0.2, 0) is 61.9 Å². The van der Waals surface area contributed by atoms with Gasteiger partial charge in [-0.05, 0) is 254 Å². The minimum Gasteiger partial charge on any atom is -0.405 e. The van der Waals surface area contributed by atoms with Gasteiger partial charge in [0.1, 0.15) is 23.3 Å². The molecule has 13 heterocycles. The molecular weight excluding hydrogens is 1820 g/mol. The molecule has 3 saturated heterocycles. The van der Waals surface area contributed by atoms with Crippen LogP contribution < -0.4 is 39.2 Å². The number of halogens is 8. The summed E-state index contributed by atoms with van der Waals surface area (Å²) in [6.07, 6.45) is 3.17. The first kappa shape index (κ1) is 92.0. The molecule has 0 unspecified atom stereocenters. The lowest BCUT2D eigenvalue weighted by Gasteiger charge is -2.32. The number of aromatic amines is 1. The predicted octanol–water partition coefficient (Wildman–Crippen LogP) is 13.9. The number of H-pyrrole nitrogens is 1. The number of nitrogens with zero attached hydrogens (tertiary/aromatic N) is 13. The Morgan fingerprint density at radius 1 is 0.462 bits per heavy atom. The molecule has 15 rings (SSSR count). The van der Waals surface area contributed by atoms with E-state index >= 15 is 0 Å². The number of nitrogens with one attached hydrogen (secondary N) is 1. The van der Waals surface area contributed by atoms with Crippen molar-refractivity contribution in [3.8, 4) is 33.6 Å². The van der Waals surface area contributed by atoms with E-state index in [-0.39, 0.29) is 104 Å². The summed E-state index contributed by atoms with van der Waals surface area (Å²) in [4.78, 5) is 75.8. The smallest absolute Gasteiger partial charge is 0.405 e. The monoisotopic (exact) mass is 1910 g/mol. The van der Waals surface area contributed by atoms with Crippen LogP contribution in [-0.4, -0.2) is 127 Å². The summed E-state index contributed by atoms with van der Waals surface area (Å²) in [5.41, 5.74) is 18.9. The molecule has 0 saturated carbocycles. The van der Waals surface area contributed by atoms with E-state index in [2.05, 4.69) is 115 Å². The second-order valence-corrected chi connectivity index (χ2v) is 32.9. The quantitative estimate of drug-likeness (QED) is 0.0523. The fraction of sp³-hybridized carbons (Fsp3) is 0.350. The van der Waals surface area contributed by atoms with Gasteiger partial charge in [-0.2, -0.15) is 9.03 Å². The second-order valence-electron chi connectivity index (χ2n) is 30.4. The Hall–Kier alpha value is -8.92. The van der Waals surface area contributed by atoms with Crippen LogP contribution in [0.3, 0.4) is 0 Å². The van der Waals surface area contributed by atoms with Crippen LogP contribution in [0, 0.1) is 51.0 Å². The Labute approximate surface area is 714 Å². The molecule has 3 aliphatic rings. The van der Waals surface area contributed by atoms with Crippen molar-refractivity contribution in [1.29, 1.82) is 0 Å². The maximum atomic E-state index is 14.2. The first-order valence-corrected chi connectivity index (χ1v) is 41.2. The van der Waals surface area contributed by atoms with E-state index in [1.807, 2.05) is 109 Å². The van der Waals surface area contributed by atoms with E-state index in [1.54, 1.807) is 91.8 Å². The Kier molecular flexibility index (Phi) is 29.2. The van der Waals surface area contributed by atoms with Gasteiger partial charge in [0.2, 0.25) is 28.6 Å². The van der Waals surface area contributed by atoms with Crippen LogP contribution in [0.1, 0.15) is 129 Å². The number of nitrogen functional groups attached to an aromatic ring is 2. The standard InChI is InChI=1S/C24H19F2N7O.C17H11BrF2N6.C13H20BNO3.C12H24B2O4.C7H8BrNO.C6H6BrNO.CH3I/c1-13-16(9-10-20(34)32(13)2)21-22(14-5-7-15(25)8-6-14)30-24(27)33-23(21)29-19(31-33)12-18-17(26)4-3-11-28-18;18-14-15(9-3-5-10(19)6-4-9)24-17(21)26-16(14)23-13(25-26)8-12-11(20)2-1-7-22-12;1-9-10(7-8-11(16)15(9)6)14-17-12(2,3)13(4,5)18-14;1-9(2)10(3,4)16-13(15-9)14-17-11(5,6)12(7,8)18-14;1-5-6(8)3-4-7(10)9(5)2;1-4-5(7)2-3-6(9)8-4;1-2/h3-11H,12H2,1-2H3,(H2,27,30);1-7H,8H2,(H2,21,24);7-8H,1-6H3;1-8H3;3-4H,1-2H3;2-3H,1H3,(H,8,9);1H3. The SMILES string of the molecule is CC1(C)OB(B2OC(C)(C)C(C)(C)O2)OC1(C)C.CI.Cc1[nH]c(=O)ccc1Br.Cc1c(-c2c(-c3ccc(F)cc3)nc(N)n3nc(Cc4ncccc4F)nc23)ccc(=O)n1C.Cc1c(B2OC(C)(C)C(C)(C)O2)ccc(=O)n1C.Cc1c(Br)ccc(=O)n1C.Nc1nc(-c2ccc(F)cc2)c(Br)c2nc(Cc3ncccc3F)nn12. The Bertz CT molecular complexity index is 5790. The third-order valence-electron chi connectivity index (χ3n) is 21.0. The summed E-state index contributed by atoms with van der Waals surface area (Å²) in [5.74, 6) is -0.805. The number of aryl methyl sites for hydroxylation is 1. The lowest BCUT2D eigenvalue weighted by Crippen LogP contribution is -2.41. The van der Waals surface area contributed by atoms with Crippen LogP contribution in [0.2, 0.25) is 0 Å². The molecule has 0 bridgehead atoms. The van der Waals surface area contributed by atoms with Gasteiger partial charge in [-0.15, -0.1) is 10.2 Å². The number of hydrogen-bond acceptors (Lipinski definition) is 20. The number of alkyl halides is 1. The number of pyridine rings is 6. The topological polar surface area (TPSA) is 318 Å². The van der Waals surface area contributed by atoms with Crippen molar-refractivity contribution in [2.75, 3.05) is 16.4 Å². The van der Waals surface area contributed by atoms with E-state index in [0.717, 1.165) is 31.5 Å². The van der Waals surface area contributed by atoms with Crippen molar-refractivity contribution in [3.05, 3.63) is 258 Å². The zero-order valence-electron chi connectivity index (χ0n) is 68.4. The number of rotatable bonds is 9. The van der Waals surface area contributed by atoms with Crippen LogP contribution in [0.4, 0.5) is 29.5 Å². The fourth-order valence-corrected chi connectivity index (χ4v) is 12.8. The molecule has 616 valence electrons. The Morgan fingerprint density at radius 2 is 0.846 bits per heavy atom. The van der Waals surface area contributed by atoms with Crippen LogP contribution in [0.15, 0.2) is 166 Å². The normalized spacial score (nSPS) is 15.6. The van der Waals surface area contributed by atoms with E-state index in [0.29, 0.717) is 66.8 Å². The van der Waals surface area contributed by atoms with Crippen molar-refractivity contribution in [2.24, 2.45) is 21.1 Å². The number of benzene rings is 2. The lowest BCUT2D eigenvalue weighted by molar-refractivity contribution is 0.00578. The molecule has 0 atom stereocenters. The minimum atomic E-state index is -0.476. The number of fused-ring (bicyclic) bond motifs is 2. The van der Waals surface area contributed by atoms with Crippen molar-refractivity contribution < 1.29 is 45.5 Å². The average Bonchev–Trinajstić information content (AvgIpc) is 1.50. The van der Waals surface area contributed by atoms with E-state index in [9.17, 15) is 36.7 Å². The van der Waals surface area contributed by atoms with E-state index in [1.165, 1.54) is 92.7 Å². The van der Waals surface area contributed by atoms with Crippen molar-refractivity contribution in [1.82, 2.24) is 67.8 Å². The fourth-order valence-electron chi connectivity index (χ4n) is 11.6. The first-order valence-electron chi connectivity index (χ1n) is 36.6. The maximum absolute atomic E-state index is 14.2. The first-order chi connectivity index (χ1) is 54.7. The summed E-state index contributed by atoms with van der Waals surface area (Å²) in [5, 5.41) is 8.72. The molecule has 37 heteroatoms. The van der Waals surface area contributed by atoms with Gasteiger partial charge in [0, 0.05) is 112 Å². The van der Waals surface area contributed by atoms with Gasteiger partial charge in [-0.25, -0.2) is 37.5 Å². The van der Waals surface area contributed by atoms with Crippen LogP contribution in [0.25, 0.3) is 44.9 Å². The summed E-state index contributed by atoms with van der Waals surface area (Å²) in [6.45, 7) is 31.7. The second kappa shape index (κ2) is 37.2. The molecule has 3 fully saturated rings. The molecule has 0 aliphatic carbocycles. The number of aromatic nitrogens is 14. The summed E-state index contributed by atoms with van der Waals surface area (Å²) < 4.78 is 101. The maximum Gasteiger partial charge on any atom is 0.496 e. The molecule has 2 aromatic carbocycles. The van der Waals surface area contributed by atoms with Crippen molar-refractivity contribution in [3.63, 3.8) is 0 Å². The highest BCUT2D eigenvalue weighted by Crippen LogP contribution is 2.44. The Balaban J connectivity index is 0.000000168. The molecule has 5 N–H and O–H groups in total. The molecule has 0 spiro atoms. The van der Waals surface area contributed by atoms with Gasteiger partial charge in [0.05, 0.1) is 79.3 Å². The lowest BCUT2D eigenvalue weighted by atomic mass is 9.49. The number of anilines is 2. The van der Waals surface area contributed by atoms with Crippen LogP contribution in [0.5, 0.6) is 0 Å². The Morgan fingerprint density at radius 3 is 1.28 bits per heavy atom. The van der Waals surface area contributed by atoms with Gasteiger partial charge in [-0.3, -0.25) is 29.1 Å². The average molecular weight is 1910 g/mol. The van der Waals surface area contributed by atoms with Gasteiger partial charge in [0.25, 0.3) is 5.56 Å². The number of hydrogen-bond donors (Lipinski definition) is 3. The molecule has 117 heavy (non-hydrogen) atoms. The zero-order chi connectivity index (χ0) is 86.5. The highest BCUT2D eigenvalue weighted by molar-refractivity contribution is 14.1. The molecule has 26 nitrogen and oxygen atoms in total. The highest BCUT2D eigenvalue weighted by Gasteiger charge is 2.64. The molecule has 3 aliphatic heterocycles. The minimum absolute atomic E-state index is 0.0206. The van der Waals surface area contributed by atoms with E-state index in [4.69, 9.17) is 39.4 Å². The van der Waals surface area contributed by atoms with Gasteiger partial charge in [0.15, 0.2) is 22.9 Å². The number of nitrogens with two attached hydrogens (primary N) is 2. The van der Waals surface area contributed by atoms with Gasteiger partial charge >= 0.3 is 21.1 Å². The van der Waals surface area contributed by atoms with E-state index < -0.39 is 32.8 Å². The largest absolute Gasteiger partial charge is 0.496 e. The summed E-state index contributed by atoms with van der Waals surface area (Å²) >= 11 is 12.2. The third kappa shape index (κ3) is 20.9. The molecule has 12 aromatic rings. The summed E-state index contributed by atoms with van der Waals surface area (Å²) in [7, 11) is 3.81.